The van der Waals surface area contributed by atoms with Crippen molar-refractivity contribution < 1.29 is 24.9 Å². The van der Waals surface area contributed by atoms with Gasteiger partial charge in [-0.05, 0) is 51.9 Å². The van der Waals surface area contributed by atoms with E-state index in [1.165, 1.54) is 10.9 Å². The van der Waals surface area contributed by atoms with Crippen molar-refractivity contribution in [2.75, 3.05) is 5.32 Å². The molecule has 11 nitrogen and oxygen atoms in total. The van der Waals surface area contributed by atoms with E-state index in [0.29, 0.717) is 17.9 Å². The number of ether oxygens (including phenoxy) is 1. The normalized spacial score (nSPS) is 24.3. The number of hydrogen-bond donors (Lipinski definition) is 5. The van der Waals surface area contributed by atoms with E-state index >= 15 is 0 Å². The van der Waals surface area contributed by atoms with Crippen LogP contribution in [0.2, 0.25) is 5.28 Å². The lowest BCUT2D eigenvalue weighted by atomic mass is 10.1. The molecular weight excluding hydrogens is 543 g/mol. The zero-order chi connectivity index (χ0) is 22.1. The van der Waals surface area contributed by atoms with Gasteiger partial charge in [-0.1, -0.05) is 12.1 Å². The quantitative estimate of drug-likeness (QED) is 0.119. The average molecular weight is 561 g/mol. The fourth-order valence-electron chi connectivity index (χ4n) is 3.37. The van der Waals surface area contributed by atoms with E-state index in [-0.39, 0.29) is 17.3 Å². The summed E-state index contributed by atoms with van der Waals surface area (Å²) in [5.74, 6) is 0.389. The second-order valence-electron chi connectivity index (χ2n) is 6.85. The Kier molecular flexibility index (Phi) is 6.55. The van der Waals surface area contributed by atoms with E-state index < -0.39 is 30.8 Å². The van der Waals surface area contributed by atoms with Crippen LogP contribution in [-0.2, 0) is 16.1 Å². The maximum atomic E-state index is 10.6. The largest absolute Gasteiger partial charge is 0.387 e. The summed E-state index contributed by atoms with van der Waals surface area (Å²) in [7, 11) is 0. The molecule has 0 spiro atoms. The van der Waals surface area contributed by atoms with Crippen LogP contribution >= 0.6 is 34.2 Å². The minimum absolute atomic E-state index is 0.0494. The molecule has 0 radical (unpaired) electrons. The summed E-state index contributed by atoms with van der Waals surface area (Å²) in [4.78, 5) is 23.3. The monoisotopic (exact) mass is 560 g/mol. The topological polar surface area (TPSA) is 155 Å². The molecule has 1 amide bonds. The molecule has 3 heterocycles. The number of anilines is 1. The van der Waals surface area contributed by atoms with Crippen LogP contribution in [0.4, 0.5) is 5.82 Å². The van der Waals surface area contributed by atoms with Gasteiger partial charge in [0.15, 0.2) is 29.4 Å². The van der Waals surface area contributed by atoms with Crippen LogP contribution in [-0.4, -0.2) is 65.8 Å². The fourth-order valence-corrected chi connectivity index (χ4v) is 4.15. The fraction of sp³-hybridized carbons (Fsp3) is 0.333. The molecule has 5 atom stereocenters. The molecule has 164 valence electrons. The van der Waals surface area contributed by atoms with Crippen LogP contribution < -0.4 is 10.6 Å². The van der Waals surface area contributed by atoms with E-state index in [2.05, 4.69) is 48.2 Å². The molecule has 0 bridgehead atoms. The van der Waals surface area contributed by atoms with E-state index in [0.717, 1.165) is 9.13 Å². The predicted octanol–water partition coefficient (Wildman–Crippen LogP) is 0.380. The summed E-state index contributed by atoms with van der Waals surface area (Å²) in [6.07, 6.45) is -5.12. The summed E-state index contributed by atoms with van der Waals surface area (Å²) < 4.78 is 8.09. The van der Waals surface area contributed by atoms with Crippen molar-refractivity contribution in [1.29, 1.82) is 0 Å². The van der Waals surface area contributed by atoms with Crippen molar-refractivity contribution >= 4 is 57.6 Å². The third kappa shape index (κ3) is 4.44. The Labute approximate surface area is 194 Å². The van der Waals surface area contributed by atoms with Crippen LogP contribution in [0.5, 0.6) is 0 Å². The van der Waals surface area contributed by atoms with Crippen LogP contribution in [0, 0.1) is 3.57 Å². The number of halogens is 2. The number of aliphatic hydroxyl groups excluding tert-OH is 3. The molecule has 5 N–H and O–H groups in total. The number of carbonyl (C=O) groups excluding carboxylic acids is 1. The first-order valence-electron chi connectivity index (χ1n) is 9.17. The van der Waals surface area contributed by atoms with Gasteiger partial charge in [0, 0.05) is 10.1 Å². The molecule has 0 aliphatic carbocycles. The lowest BCUT2D eigenvalue weighted by Gasteiger charge is -2.20. The van der Waals surface area contributed by atoms with Gasteiger partial charge in [-0.15, -0.1) is 0 Å². The highest BCUT2D eigenvalue weighted by atomic mass is 127. The number of rotatable bonds is 7. The Morgan fingerprint density at radius 2 is 2.13 bits per heavy atom. The van der Waals surface area contributed by atoms with Gasteiger partial charge in [0.1, 0.15) is 18.3 Å². The molecule has 31 heavy (non-hydrogen) atoms. The zero-order valence-electron chi connectivity index (χ0n) is 15.8. The van der Waals surface area contributed by atoms with Crippen molar-refractivity contribution in [2.24, 2.45) is 0 Å². The Morgan fingerprint density at radius 3 is 2.87 bits per heavy atom. The second kappa shape index (κ2) is 9.18. The van der Waals surface area contributed by atoms with Crippen LogP contribution in [0.3, 0.4) is 0 Å². The van der Waals surface area contributed by atoms with E-state index in [1.54, 1.807) is 0 Å². The van der Waals surface area contributed by atoms with E-state index in [1.807, 2.05) is 24.3 Å². The first-order valence-corrected chi connectivity index (χ1v) is 10.6. The lowest BCUT2D eigenvalue weighted by Crippen LogP contribution is -2.46. The third-order valence-electron chi connectivity index (χ3n) is 4.84. The number of aliphatic hydroxyl groups is 3. The minimum atomic E-state index is -1.51. The molecule has 4 rings (SSSR count). The van der Waals surface area contributed by atoms with Gasteiger partial charge >= 0.3 is 0 Å². The van der Waals surface area contributed by atoms with Crippen molar-refractivity contribution in [2.45, 2.75) is 37.3 Å². The summed E-state index contributed by atoms with van der Waals surface area (Å²) in [6.45, 7) is 0.471. The molecule has 3 aromatic rings. The maximum absolute atomic E-state index is 10.6. The molecule has 1 unspecified atom stereocenters. The highest BCUT2D eigenvalue weighted by molar-refractivity contribution is 14.1. The number of nitrogens with zero attached hydrogens (tertiary/aromatic N) is 4. The van der Waals surface area contributed by atoms with Gasteiger partial charge in [0.25, 0.3) is 0 Å². The van der Waals surface area contributed by atoms with Crippen molar-refractivity contribution in [1.82, 2.24) is 24.8 Å². The summed E-state index contributed by atoms with van der Waals surface area (Å²) in [6, 6.07) is 7.93. The van der Waals surface area contributed by atoms with Gasteiger partial charge in [-0.25, -0.2) is 4.98 Å². The molecule has 0 saturated carbocycles. The van der Waals surface area contributed by atoms with Crippen molar-refractivity contribution in [3.8, 4) is 0 Å². The van der Waals surface area contributed by atoms with Gasteiger partial charge in [-0.3, -0.25) is 9.36 Å². The van der Waals surface area contributed by atoms with Gasteiger partial charge < -0.3 is 30.7 Å². The Balaban J connectivity index is 1.62. The van der Waals surface area contributed by atoms with Gasteiger partial charge in [0.2, 0.25) is 11.7 Å². The van der Waals surface area contributed by atoms with Crippen molar-refractivity contribution in [3.63, 3.8) is 0 Å². The van der Waals surface area contributed by atoms with Crippen LogP contribution in [0.25, 0.3) is 11.2 Å². The molecule has 13 heteroatoms. The Bertz CT molecular complexity index is 1100. The highest BCUT2D eigenvalue weighted by Crippen LogP contribution is 2.33. The highest BCUT2D eigenvalue weighted by Gasteiger charge is 2.47. The minimum Gasteiger partial charge on any atom is -0.387 e. The molecule has 1 saturated heterocycles. The predicted molar refractivity (Wildman–Crippen MR) is 118 cm³/mol. The number of nitrogens with one attached hydrogen (secondary N) is 2. The standard InChI is InChI=1S/C18H18ClIN6O5/c19-18-24-14(21-5-8-2-1-3-9(20)4-8)10-15(25-18)26(6-22-10)17-12(29)11(28)13(31-17)16(30)23-7-27/h1-4,6-7,11-13,16-17,28-30H,5H2,(H,23,27)(H,21,24,25)/t11-,12+,13-,16?,17-/m0/s1. The number of carbonyl (C=O) groups is 1. The Hall–Kier alpha value is -2.10. The SMILES string of the molecule is O=CNC(O)[C@H]1O[C@H](n2cnc3c(NCc4cccc(I)c4)nc(Cl)nc32)[C@H](O)[C@@H]1O. The first-order chi connectivity index (χ1) is 14.9. The Morgan fingerprint density at radius 1 is 1.32 bits per heavy atom. The number of fused-ring (bicyclic) bond motifs is 1. The molecule has 1 aliphatic rings. The van der Waals surface area contributed by atoms with Gasteiger partial charge in [-0.2, -0.15) is 9.97 Å². The van der Waals surface area contributed by atoms with Crippen LogP contribution in [0.15, 0.2) is 30.6 Å². The first kappa shape index (κ1) is 22.1. The zero-order valence-corrected chi connectivity index (χ0v) is 18.7. The number of amides is 1. The number of aromatic nitrogens is 4. The number of hydrogen-bond acceptors (Lipinski definition) is 9. The number of benzene rings is 1. The molecule has 1 fully saturated rings. The van der Waals surface area contributed by atoms with Gasteiger partial charge in [0.05, 0.1) is 6.33 Å². The van der Waals surface area contributed by atoms with Crippen LogP contribution in [0.1, 0.15) is 11.8 Å². The second-order valence-corrected chi connectivity index (χ2v) is 8.43. The third-order valence-corrected chi connectivity index (χ3v) is 5.68. The summed E-state index contributed by atoms with van der Waals surface area (Å²) >= 11 is 8.33. The molecule has 1 aliphatic heterocycles. The van der Waals surface area contributed by atoms with E-state index in [4.69, 9.17) is 16.3 Å². The maximum Gasteiger partial charge on any atom is 0.226 e. The molecule has 1 aromatic carbocycles. The van der Waals surface area contributed by atoms with Crippen molar-refractivity contribution in [3.05, 3.63) is 45.0 Å². The lowest BCUT2D eigenvalue weighted by molar-refractivity contribution is -0.122. The summed E-state index contributed by atoms with van der Waals surface area (Å²) in [5.41, 5.74) is 1.68. The number of imidazole rings is 1. The smallest absolute Gasteiger partial charge is 0.226 e. The molecular formula is C18H18ClIN6O5. The average Bonchev–Trinajstić information content (AvgIpc) is 3.27. The molecule has 2 aromatic heterocycles. The van der Waals surface area contributed by atoms with E-state index in [9.17, 15) is 20.1 Å². The summed E-state index contributed by atoms with van der Waals surface area (Å²) in [5, 5.41) is 35.8.